The second-order valence-electron chi connectivity index (χ2n) is 4.63. The Hall–Kier alpha value is -2.68. The fourth-order valence-corrected chi connectivity index (χ4v) is 2.43. The van der Waals surface area contributed by atoms with Gasteiger partial charge in [0.1, 0.15) is 0 Å². The summed E-state index contributed by atoms with van der Waals surface area (Å²) >= 11 is 0. The highest BCUT2D eigenvalue weighted by atomic mass is 16.2. The van der Waals surface area contributed by atoms with Crippen LogP contribution in [0.1, 0.15) is 11.7 Å². The van der Waals surface area contributed by atoms with Gasteiger partial charge in [-0.25, -0.2) is 0 Å². The Labute approximate surface area is 116 Å². The lowest BCUT2D eigenvalue weighted by Gasteiger charge is -2.13. The molecule has 1 aromatic heterocycles. The number of fused-ring (bicyclic) bond motifs is 1. The summed E-state index contributed by atoms with van der Waals surface area (Å²) < 4.78 is 1.59. The minimum absolute atomic E-state index is 0.0723. The van der Waals surface area contributed by atoms with Crippen LogP contribution in [0.4, 0.5) is 0 Å². The molecule has 0 spiro atoms. The van der Waals surface area contributed by atoms with Gasteiger partial charge in [0.2, 0.25) is 5.91 Å². The lowest BCUT2D eigenvalue weighted by Crippen LogP contribution is -2.16. The summed E-state index contributed by atoms with van der Waals surface area (Å²) in [7, 11) is 0. The van der Waals surface area contributed by atoms with Crippen LogP contribution in [-0.4, -0.2) is 10.5 Å². The molecule has 2 aromatic carbocycles. The first-order valence-corrected chi connectivity index (χ1v) is 6.39. The average molecular weight is 263 g/mol. The van der Waals surface area contributed by atoms with E-state index >= 15 is 0 Å². The fraction of sp³-hybridized carbons (Fsp3) is 0.0588. The van der Waals surface area contributed by atoms with Crippen molar-refractivity contribution in [3.05, 3.63) is 70.9 Å². The summed E-state index contributed by atoms with van der Waals surface area (Å²) in [5, 5.41) is 0.558. The molecule has 0 saturated heterocycles. The van der Waals surface area contributed by atoms with Crippen molar-refractivity contribution in [3.63, 3.8) is 0 Å². The highest BCUT2D eigenvalue weighted by Crippen LogP contribution is 2.22. The van der Waals surface area contributed by atoms with E-state index < -0.39 is 0 Å². The predicted octanol–water partition coefficient (Wildman–Crippen LogP) is 3.33. The molecule has 1 heterocycles. The van der Waals surface area contributed by atoms with Gasteiger partial charge in [0.05, 0.1) is 11.2 Å². The molecule has 0 aliphatic heterocycles. The number of carbonyl (C=O) groups excluding carboxylic acids is 1. The summed E-state index contributed by atoms with van der Waals surface area (Å²) in [4.78, 5) is 24.2. The number of rotatable bonds is 1. The van der Waals surface area contributed by atoms with Crippen molar-refractivity contribution in [2.75, 3.05) is 0 Å². The number of carbonyl (C=O) groups is 1. The highest BCUT2D eigenvalue weighted by Gasteiger charge is 2.12. The lowest BCUT2D eigenvalue weighted by molar-refractivity contribution is 0.0943. The maximum absolute atomic E-state index is 12.2. The quantitative estimate of drug-likeness (QED) is 0.675. The molecule has 3 rings (SSSR count). The van der Waals surface area contributed by atoms with Crippen molar-refractivity contribution in [1.82, 2.24) is 4.57 Å². The number of hydrogen-bond donors (Lipinski definition) is 0. The smallest absolute Gasteiger partial charge is 0.228 e. The topological polar surface area (TPSA) is 39.1 Å². The van der Waals surface area contributed by atoms with Gasteiger partial charge < -0.3 is 0 Å². The van der Waals surface area contributed by atoms with Gasteiger partial charge in [0.15, 0.2) is 5.43 Å². The molecule has 0 atom stereocenters. The van der Waals surface area contributed by atoms with Crippen molar-refractivity contribution >= 4 is 16.8 Å². The third-order valence-corrected chi connectivity index (χ3v) is 3.30. The Morgan fingerprint density at radius 1 is 0.950 bits per heavy atom. The van der Waals surface area contributed by atoms with Crippen LogP contribution in [0, 0.1) is 0 Å². The molecular formula is C17H13NO2. The average Bonchev–Trinajstić information content (AvgIpc) is 2.47. The van der Waals surface area contributed by atoms with E-state index in [1.807, 2.05) is 36.4 Å². The van der Waals surface area contributed by atoms with E-state index in [4.69, 9.17) is 0 Å². The first kappa shape index (κ1) is 12.4. The van der Waals surface area contributed by atoms with Gasteiger partial charge >= 0.3 is 0 Å². The highest BCUT2D eigenvalue weighted by molar-refractivity contribution is 5.94. The number of pyridine rings is 1. The zero-order valence-electron chi connectivity index (χ0n) is 11.0. The molecule has 20 heavy (non-hydrogen) atoms. The molecule has 0 bridgehead atoms. The largest absolute Gasteiger partial charge is 0.289 e. The van der Waals surface area contributed by atoms with Gasteiger partial charge in [0.25, 0.3) is 0 Å². The standard InChI is InChI=1S/C17H13NO2/c1-12(19)18-15-10-6-5-9-14(15)17(20)11-16(18)13-7-3-2-4-8-13/h2-11H,1H3. The Morgan fingerprint density at radius 2 is 1.60 bits per heavy atom. The Kier molecular flexibility index (Phi) is 2.95. The van der Waals surface area contributed by atoms with E-state index in [2.05, 4.69) is 0 Å². The second-order valence-corrected chi connectivity index (χ2v) is 4.63. The van der Waals surface area contributed by atoms with Crippen molar-refractivity contribution in [2.24, 2.45) is 0 Å². The van der Waals surface area contributed by atoms with Gasteiger partial charge in [-0.05, 0) is 17.7 Å². The van der Waals surface area contributed by atoms with Gasteiger partial charge in [-0.1, -0.05) is 42.5 Å². The van der Waals surface area contributed by atoms with Crippen LogP contribution in [0.2, 0.25) is 0 Å². The molecule has 98 valence electrons. The summed E-state index contributed by atoms with van der Waals surface area (Å²) in [6.07, 6.45) is 0. The minimum atomic E-state index is -0.111. The molecule has 3 aromatic rings. The number of benzene rings is 2. The molecule has 0 saturated carbocycles. The van der Waals surface area contributed by atoms with E-state index in [9.17, 15) is 9.59 Å². The van der Waals surface area contributed by atoms with Crippen molar-refractivity contribution in [2.45, 2.75) is 6.92 Å². The fourth-order valence-electron chi connectivity index (χ4n) is 2.43. The van der Waals surface area contributed by atoms with E-state index in [-0.39, 0.29) is 11.3 Å². The molecule has 3 nitrogen and oxygen atoms in total. The molecule has 0 radical (unpaired) electrons. The summed E-state index contributed by atoms with van der Waals surface area (Å²) in [5.41, 5.74) is 2.05. The molecule has 3 heteroatoms. The van der Waals surface area contributed by atoms with E-state index in [1.54, 1.807) is 22.8 Å². The van der Waals surface area contributed by atoms with Crippen LogP contribution in [-0.2, 0) is 0 Å². The summed E-state index contributed by atoms with van der Waals surface area (Å²) in [6.45, 7) is 1.50. The molecule has 0 amide bonds. The van der Waals surface area contributed by atoms with Crippen LogP contribution >= 0.6 is 0 Å². The van der Waals surface area contributed by atoms with Gasteiger partial charge in [-0.2, -0.15) is 0 Å². The van der Waals surface area contributed by atoms with Gasteiger partial charge in [-0.3, -0.25) is 14.2 Å². The Bertz CT molecular complexity index is 848. The van der Waals surface area contributed by atoms with Crippen LogP contribution in [0.25, 0.3) is 22.2 Å². The molecular weight excluding hydrogens is 250 g/mol. The maximum Gasteiger partial charge on any atom is 0.228 e. The molecule has 0 aliphatic rings. The third-order valence-electron chi connectivity index (χ3n) is 3.30. The van der Waals surface area contributed by atoms with E-state index in [0.717, 1.165) is 5.56 Å². The maximum atomic E-state index is 12.2. The van der Waals surface area contributed by atoms with E-state index in [0.29, 0.717) is 16.6 Å². The van der Waals surface area contributed by atoms with Crippen LogP contribution < -0.4 is 5.43 Å². The number of hydrogen-bond acceptors (Lipinski definition) is 2. The van der Waals surface area contributed by atoms with Crippen LogP contribution in [0.5, 0.6) is 0 Å². The van der Waals surface area contributed by atoms with E-state index in [1.165, 1.54) is 13.0 Å². The zero-order valence-corrected chi connectivity index (χ0v) is 11.0. The van der Waals surface area contributed by atoms with Crippen LogP contribution in [0.15, 0.2) is 65.5 Å². The third kappa shape index (κ3) is 1.93. The first-order valence-electron chi connectivity index (χ1n) is 6.39. The predicted molar refractivity (Wildman–Crippen MR) is 79.9 cm³/mol. The Balaban J connectivity index is 2.47. The first-order chi connectivity index (χ1) is 9.68. The minimum Gasteiger partial charge on any atom is -0.289 e. The summed E-state index contributed by atoms with van der Waals surface area (Å²) in [6, 6.07) is 18.2. The molecule has 0 unspecified atom stereocenters. The zero-order chi connectivity index (χ0) is 14.1. The summed E-state index contributed by atoms with van der Waals surface area (Å²) in [5.74, 6) is -0.111. The normalized spacial score (nSPS) is 10.7. The number of aromatic nitrogens is 1. The number of para-hydroxylation sites is 1. The molecule has 0 fully saturated rings. The second kappa shape index (κ2) is 4.78. The van der Waals surface area contributed by atoms with Crippen molar-refractivity contribution in [1.29, 1.82) is 0 Å². The Morgan fingerprint density at radius 3 is 2.30 bits per heavy atom. The monoisotopic (exact) mass is 263 g/mol. The number of nitrogens with zero attached hydrogens (tertiary/aromatic N) is 1. The van der Waals surface area contributed by atoms with Gasteiger partial charge in [0, 0.05) is 18.4 Å². The SMILES string of the molecule is CC(=O)n1c(-c2ccccc2)cc(=O)c2ccccc21. The lowest BCUT2D eigenvalue weighted by atomic mass is 10.1. The van der Waals surface area contributed by atoms with Crippen LogP contribution in [0.3, 0.4) is 0 Å². The molecule has 0 aliphatic carbocycles. The van der Waals surface area contributed by atoms with Gasteiger partial charge in [-0.15, -0.1) is 0 Å². The van der Waals surface area contributed by atoms with Crippen molar-refractivity contribution in [3.8, 4) is 11.3 Å². The van der Waals surface area contributed by atoms with Crippen molar-refractivity contribution < 1.29 is 4.79 Å². The molecule has 0 N–H and O–H groups in total.